The summed E-state index contributed by atoms with van der Waals surface area (Å²) in [6.07, 6.45) is 2.96. The summed E-state index contributed by atoms with van der Waals surface area (Å²) in [5.74, 6) is 0.582. The Labute approximate surface area is 102 Å². The highest BCUT2D eigenvalue weighted by Gasteiger charge is 2.03. The van der Waals surface area contributed by atoms with Gasteiger partial charge in [0, 0.05) is 26.1 Å². The van der Waals surface area contributed by atoms with Crippen molar-refractivity contribution in [2.75, 3.05) is 25.0 Å². The molecule has 17 heavy (non-hydrogen) atoms. The standard InChI is InChI=1S/C11H22N4O2/c1-9(2)16-8-4-3-7-13-11-15-14-10(17-11)5-6-12/h9H,3-8,12H2,1-2H3,(H,13,15). The first-order valence-electron chi connectivity index (χ1n) is 6.10. The number of nitrogens with zero attached hydrogens (tertiary/aromatic N) is 2. The average molecular weight is 242 g/mol. The number of nitrogens with one attached hydrogen (secondary N) is 1. The Kier molecular flexibility index (Phi) is 6.57. The molecule has 1 aromatic rings. The van der Waals surface area contributed by atoms with Gasteiger partial charge in [-0.1, -0.05) is 5.10 Å². The van der Waals surface area contributed by atoms with Gasteiger partial charge in [-0.2, -0.15) is 0 Å². The van der Waals surface area contributed by atoms with Gasteiger partial charge < -0.3 is 20.2 Å². The van der Waals surface area contributed by atoms with Gasteiger partial charge in [-0.05, 0) is 26.7 Å². The Bertz CT molecular complexity index is 301. The fraction of sp³-hybridized carbons (Fsp3) is 0.818. The average Bonchev–Trinajstić information content (AvgIpc) is 2.71. The normalized spacial score (nSPS) is 11.1. The predicted octanol–water partition coefficient (Wildman–Crippen LogP) is 1.19. The molecule has 0 aliphatic carbocycles. The zero-order chi connectivity index (χ0) is 12.5. The summed E-state index contributed by atoms with van der Waals surface area (Å²) < 4.78 is 10.8. The van der Waals surface area contributed by atoms with Crippen molar-refractivity contribution in [2.24, 2.45) is 5.73 Å². The van der Waals surface area contributed by atoms with Crippen LogP contribution in [0.2, 0.25) is 0 Å². The van der Waals surface area contributed by atoms with Crippen LogP contribution in [0.25, 0.3) is 0 Å². The molecule has 0 atom stereocenters. The molecule has 0 spiro atoms. The van der Waals surface area contributed by atoms with E-state index in [1.165, 1.54) is 0 Å². The van der Waals surface area contributed by atoms with Crippen LogP contribution < -0.4 is 11.1 Å². The highest BCUT2D eigenvalue weighted by molar-refractivity contribution is 5.16. The number of aromatic nitrogens is 2. The maximum absolute atomic E-state index is 5.44. The largest absolute Gasteiger partial charge is 0.408 e. The number of nitrogens with two attached hydrogens (primary N) is 1. The van der Waals surface area contributed by atoms with E-state index in [2.05, 4.69) is 15.5 Å². The van der Waals surface area contributed by atoms with Crippen LogP contribution in [0.1, 0.15) is 32.6 Å². The molecule has 6 heteroatoms. The number of anilines is 1. The van der Waals surface area contributed by atoms with Gasteiger partial charge in [-0.15, -0.1) is 5.10 Å². The van der Waals surface area contributed by atoms with Crippen molar-refractivity contribution in [3.63, 3.8) is 0 Å². The first-order chi connectivity index (χ1) is 8.22. The zero-order valence-electron chi connectivity index (χ0n) is 10.6. The van der Waals surface area contributed by atoms with Crippen molar-refractivity contribution in [1.29, 1.82) is 0 Å². The molecule has 0 aliphatic rings. The molecule has 0 amide bonds. The van der Waals surface area contributed by atoms with Gasteiger partial charge >= 0.3 is 6.01 Å². The van der Waals surface area contributed by atoms with E-state index in [-0.39, 0.29) is 0 Å². The van der Waals surface area contributed by atoms with Gasteiger partial charge in [0.05, 0.1) is 6.10 Å². The minimum absolute atomic E-state index is 0.303. The second kappa shape index (κ2) is 8.03. The molecule has 98 valence electrons. The van der Waals surface area contributed by atoms with Crippen molar-refractivity contribution in [1.82, 2.24) is 10.2 Å². The van der Waals surface area contributed by atoms with Gasteiger partial charge in [0.15, 0.2) is 0 Å². The predicted molar refractivity (Wildman–Crippen MR) is 65.9 cm³/mol. The van der Waals surface area contributed by atoms with Gasteiger partial charge in [0.1, 0.15) is 0 Å². The second-order valence-corrected chi connectivity index (χ2v) is 4.09. The smallest absolute Gasteiger partial charge is 0.315 e. The summed E-state index contributed by atoms with van der Waals surface area (Å²) in [6.45, 7) is 6.20. The highest BCUT2D eigenvalue weighted by atomic mass is 16.5. The molecule has 0 saturated carbocycles. The van der Waals surface area contributed by atoms with E-state index in [9.17, 15) is 0 Å². The van der Waals surface area contributed by atoms with Crippen molar-refractivity contribution in [3.8, 4) is 0 Å². The molecule has 0 fully saturated rings. The summed E-state index contributed by atoms with van der Waals surface area (Å²) in [6, 6.07) is 0.471. The molecule has 0 bridgehead atoms. The minimum Gasteiger partial charge on any atom is -0.408 e. The number of unbranched alkanes of at least 4 members (excludes halogenated alkanes) is 1. The minimum atomic E-state index is 0.303. The molecule has 1 rings (SSSR count). The van der Waals surface area contributed by atoms with Crippen LogP contribution >= 0.6 is 0 Å². The SMILES string of the molecule is CC(C)OCCCCNc1nnc(CCN)o1. The lowest BCUT2D eigenvalue weighted by Gasteiger charge is -2.06. The number of rotatable bonds is 9. The third kappa shape index (κ3) is 6.23. The summed E-state index contributed by atoms with van der Waals surface area (Å²) in [7, 11) is 0. The fourth-order valence-corrected chi connectivity index (χ4v) is 1.29. The lowest BCUT2D eigenvalue weighted by molar-refractivity contribution is 0.0765. The van der Waals surface area contributed by atoms with Crippen LogP contribution in [-0.4, -0.2) is 36.0 Å². The third-order valence-electron chi connectivity index (χ3n) is 2.12. The Morgan fingerprint density at radius 3 is 2.88 bits per heavy atom. The third-order valence-corrected chi connectivity index (χ3v) is 2.12. The Hall–Kier alpha value is -1.14. The molecular formula is C11H22N4O2. The summed E-state index contributed by atoms with van der Waals surface area (Å²) in [5.41, 5.74) is 5.39. The van der Waals surface area contributed by atoms with Crippen molar-refractivity contribution < 1.29 is 9.15 Å². The number of hydrogen-bond acceptors (Lipinski definition) is 6. The lowest BCUT2D eigenvalue weighted by Crippen LogP contribution is -2.07. The topological polar surface area (TPSA) is 86.2 Å². The Morgan fingerprint density at radius 1 is 1.35 bits per heavy atom. The van der Waals surface area contributed by atoms with Gasteiger partial charge in [0.2, 0.25) is 5.89 Å². The maximum atomic E-state index is 5.44. The monoisotopic (exact) mass is 242 g/mol. The van der Waals surface area contributed by atoms with E-state index in [0.29, 0.717) is 31.0 Å². The van der Waals surface area contributed by atoms with E-state index in [1.807, 2.05) is 13.8 Å². The first-order valence-corrected chi connectivity index (χ1v) is 6.10. The van der Waals surface area contributed by atoms with Gasteiger partial charge in [0.25, 0.3) is 0 Å². The number of ether oxygens (including phenoxy) is 1. The Morgan fingerprint density at radius 2 is 2.18 bits per heavy atom. The summed E-state index contributed by atoms with van der Waals surface area (Å²) in [5, 5.41) is 10.8. The van der Waals surface area contributed by atoms with E-state index in [1.54, 1.807) is 0 Å². The molecule has 1 heterocycles. The van der Waals surface area contributed by atoms with Crippen LogP contribution in [-0.2, 0) is 11.2 Å². The van der Waals surface area contributed by atoms with Crippen molar-refractivity contribution in [3.05, 3.63) is 5.89 Å². The van der Waals surface area contributed by atoms with E-state index >= 15 is 0 Å². The lowest BCUT2D eigenvalue weighted by atomic mass is 10.3. The summed E-state index contributed by atoms with van der Waals surface area (Å²) >= 11 is 0. The molecule has 0 saturated heterocycles. The molecule has 0 unspecified atom stereocenters. The fourth-order valence-electron chi connectivity index (χ4n) is 1.29. The molecule has 3 N–H and O–H groups in total. The first kappa shape index (κ1) is 13.9. The molecule has 0 aliphatic heterocycles. The van der Waals surface area contributed by atoms with Gasteiger partial charge in [-0.3, -0.25) is 0 Å². The van der Waals surface area contributed by atoms with Crippen LogP contribution in [0.3, 0.4) is 0 Å². The van der Waals surface area contributed by atoms with Crippen molar-refractivity contribution in [2.45, 2.75) is 39.2 Å². The van der Waals surface area contributed by atoms with E-state index in [0.717, 1.165) is 26.0 Å². The summed E-state index contributed by atoms with van der Waals surface area (Å²) in [4.78, 5) is 0. The van der Waals surface area contributed by atoms with Crippen LogP contribution in [0.15, 0.2) is 4.42 Å². The van der Waals surface area contributed by atoms with E-state index in [4.69, 9.17) is 14.9 Å². The van der Waals surface area contributed by atoms with Crippen LogP contribution in [0, 0.1) is 0 Å². The second-order valence-electron chi connectivity index (χ2n) is 4.09. The van der Waals surface area contributed by atoms with Crippen molar-refractivity contribution >= 4 is 6.01 Å². The molecule has 0 radical (unpaired) electrons. The van der Waals surface area contributed by atoms with Crippen LogP contribution in [0.5, 0.6) is 0 Å². The quantitative estimate of drug-likeness (QED) is 0.632. The molecular weight excluding hydrogens is 220 g/mol. The highest BCUT2D eigenvalue weighted by Crippen LogP contribution is 2.05. The maximum Gasteiger partial charge on any atom is 0.315 e. The van der Waals surface area contributed by atoms with Gasteiger partial charge in [-0.25, -0.2) is 0 Å². The molecule has 1 aromatic heterocycles. The van der Waals surface area contributed by atoms with E-state index < -0.39 is 0 Å². The Balaban J connectivity index is 2.05. The molecule has 0 aromatic carbocycles. The van der Waals surface area contributed by atoms with Crippen LogP contribution in [0.4, 0.5) is 6.01 Å². The number of hydrogen-bond donors (Lipinski definition) is 2. The zero-order valence-corrected chi connectivity index (χ0v) is 10.6. The molecule has 6 nitrogen and oxygen atoms in total.